The lowest BCUT2D eigenvalue weighted by Gasteiger charge is -2.31. The highest BCUT2D eigenvalue weighted by Crippen LogP contribution is 2.24. The van der Waals surface area contributed by atoms with Crippen molar-refractivity contribution in [2.75, 3.05) is 19.7 Å². The number of benzene rings is 1. The third-order valence-corrected chi connectivity index (χ3v) is 4.21. The first-order valence-corrected chi connectivity index (χ1v) is 8.18. The summed E-state index contributed by atoms with van der Waals surface area (Å²) in [7, 11) is 0. The number of piperidine rings is 1. The van der Waals surface area contributed by atoms with Crippen molar-refractivity contribution < 1.29 is 14.1 Å². The van der Waals surface area contributed by atoms with Crippen LogP contribution in [0.25, 0.3) is 11.3 Å². The van der Waals surface area contributed by atoms with Crippen LogP contribution in [0.15, 0.2) is 34.9 Å². The van der Waals surface area contributed by atoms with Crippen LogP contribution in [0.4, 0.5) is 0 Å². The zero-order valence-electron chi connectivity index (χ0n) is 13.0. The van der Waals surface area contributed by atoms with Gasteiger partial charge < -0.3 is 14.2 Å². The third kappa shape index (κ3) is 3.74. The van der Waals surface area contributed by atoms with Crippen LogP contribution in [-0.2, 0) is 4.74 Å². The van der Waals surface area contributed by atoms with Crippen LogP contribution in [0.1, 0.15) is 30.3 Å². The van der Waals surface area contributed by atoms with Crippen molar-refractivity contribution in [2.24, 2.45) is 0 Å². The van der Waals surface area contributed by atoms with E-state index in [1.807, 2.05) is 19.1 Å². The second-order valence-electron chi connectivity index (χ2n) is 5.53. The second kappa shape index (κ2) is 7.15. The molecule has 0 atom stereocenters. The molecule has 1 aliphatic rings. The van der Waals surface area contributed by atoms with Gasteiger partial charge in [0, 0.05) is 36.3 Å². The van der Waals surface area contributed by atoms with Crippen molar-refractivity contribution >= 4 is 17.5 Å². The van der Waals surface area contributed by atoms with Gasteiger partial charge in [-0.2, -0.15) is 0 Å². The molecule has 0 spiro atoms. The molecule has 0 radical (unpaired) electrons. The molecule has 0 aliphatic carbocycles. The van der Waals surface area contributed by atoms with Crippen LogP contribution in [0.2, 0.25) is 5.02 Å². The highest BCUT2D eigenvalue weighted by molar-refractivity contribution is 6.30. The molecule has 0 N–H and O–H groups in total. The minimum Gasteiger partial charge on any atom is -0.378 e. The van der Waals surface area contributed by atoms with E-state index < -0.39 is 0 Å². The summed E-state index contributed by atoms with van der Waals surface area (Å²) in [5, 5.41) is 4.60. The summed E-state index contributed by atoms with van der Waals surface area (Å²) in [6, 6.07) is 8.97. The number of carbonyl (C=O) groups is 1. The van der Waals surface area contributed by atoms with E-state index in [-0.39, 0.29) is 17.8 Å². The lowest BCUT2D eigenvalue weighted by molar-refractivity contribution is 0.0134. The maximum atomic E-state index is 12.5. The molecule has 0 bridgehead atoms. The maximum absolute atomic E-state index is 12.5. The minimum atomic E-state index is -0.124. The topological polar surface area (TPSA) is 55.6 Å². The van der Waals surface area contributed by atoms with Crippen molar-refractivity contribution in [2.45, 2.75) is 25.9 Å². The number of aromatic nitrogens is 1. The van der Waals surface area contributed by atoms with E-state index >= 15 is 0 Å². The molecule has 1 aromatic heterocycles. The Hall–Kier alpha value is -1.85. The highest BCUT2D eigenvalue weighted by Gasteiger charge is 2.26. The van der Waals surface area contributed by atoms with Gasteiger partial charge in [-0.25, -0.2) is 0 Å². The summed E-state index contributed by atoms with van der Waals surface area (Å²) < 4.78 is 10.8. The number of carbonyl (C=O) groups excluding carboxylic acids is 1. The number of likely N-dealkylation sites (tertiary alicyclic amines) is 1. The number of amides is 1. The number of halogens is 1. The molecular formula is C17H19ClN2O3. The Kier molecular flexibility index (Phi) is 4.98. The van der Waals surface area contributed by atoms with Gasteiger partial charge in [0.2, 0.25) is 5.76 Å². The van der Waals surface area contributed by atoms with Crippen LogP contribution in [0.3, 0.4) is 0 Å². The average molecular weight is 335 g/mol. The molecule has 1 aromatic carbocycles. The number of hydrogen-bond donors (Lipinski definition) is 0. The first-order chi connectivity index (χ1) is 11.2. The van der Waals surface area contributed by atoms with Gasteiger partial charge in [0.25, 0.3) is 5.91 Å². The van der Waals surface area contributed by atoms with Crippen LogP contribution >= 0.6 is 11.6 Å². The van der Waals surface area contributed by atoms with Crippen molar-refractivity contribution in [1.29, 1.82) is 0 Å². The summed E-state index contributed by atoms with van der Waals surface area (Å²) in [5.41, 5.74) is 1.44. The van der Waals surface area contributed by atoms with E-state index in [4.69, 9.17) is 20.9 Å². The third-order valence-electron chi connectivity index (χ3n) is 3.97. The van der Waals surface area contributed by atoms with Gasteiger partial charge in [0.05, 0.1) is 6.10 Å². The maximum Gasteiger partial charge on any atom is 0.292 e. The molecule has 2 heterocycles. The molecule has 0 saturated carbocycles. The van der Waals surface area contributed by atoms with E-state index in [2.05, 4.69) is 5.16 Å². The van der Waals surface area contributed by atoms with Crippen molar-refractivity contribution in [3.05, 3.63) is 41.1 Å². The number of rotatable bonds is 4. The Labute approximate surface area is 140 Å². The Balaban J connectivity index is 1.67. The van der Waals surface area contributed by atoms with E-state index in [0.29, 0.717) is 30.4 Å². The quantitative estimate of drug-likeness (QED) is 0.856. The Morgan fingerprint density at radius 1 is 1.39 bits per heavy atom. The van der Waals surface area contributed by atoms with Gasteiger partial charge in [-0.05, 0) is 31.9 Å². The molecule has 6 heteroatoms. The summed E-state index contributed by atoms with van der Waals surface area (Å²) in [6.07, 6.45) is 1.96. The fourth-order valence-corrected chi connectivity index (χ4v) is 2.97. The zero-order valence-corrected chi connectivity index (χ0v) is 13.8. The molecule has 122 valence electrons. The fraction of sp³-hybridized carbons (Fsp3) is 0.412. The largest absolute Gasteiger partial charge is 0.378 e. The summed E-state index contributed by atoms with van der Waals surface area (Å²) in [4.78, 5) is 14.3. The number of ether oxygens (including phenoxy) is 1. The Morgan fingerprint density at radius 3 is 2.87 bits per heavy atom. The van der Waals surface area contributed by atoms with Gasteiger partial charge >= 0.3 is 0 Å². The van der Waals surface area contributed by atoms with Gasteiger partial charge in [-0.1, -0.05) is 28.9 Å². The van der Waals surface area contributed by atoms with E-state index in [9.17, 15) is 4.79 Å². The molecule has 1 aliphatic heterocycles. The van der Waals surface area contributed by atoms with Crippen LogP contribution < -0.4 is 0 Å². The second-order valence-corrected chi connectivity index (χ2v) is 5.97. The van der Waals surface area contributed by atoms with Crippen molar-refractivity contribution in [3.63, 3.8) is 0 Å². The van der Waals surface area contributed by atoms with Crippen LogP contribution in [0.5, 0.6) is 0 Å². The molecule has 1 amide bonds. The van der Waals surface area contributed by atoms with E-state index in [1.165, 1.54) is 0 Å². The normalized spacial score (nSPS) is 15.8. The summed E-state index contributed by atoms with van der Waals surface area (Å²) in [5.74, 6) is 0.135. The first kappa shape index (κ1) is 16.0. The first-order valence-electron chi connectivity index (χ1n) is 7.81. The Morgan fingerprint density at radius 2 is 2.17 bits per heavy atom. The Bertz CT molecular complexity index is 678. The molecule has 0 unspecified atom stereocenters. The minimum absolute atomic E-state index is 0.124. The van der Waals surface area contributed by atoms with E-state index in [0.717, 1.165) is 18.4 Å². The predicted octanol–water partition coefficient (Wildman–Crippen LogP) is 3.64. The average Bonchev–Trinajstić information content (AvgIpc) is 3.05. The smallest absolute Gasteiger partial charge is 0.292 e. The lowest BCUT2D eigenvalue weighted by atomic mass is 10.1. The van der Waals surface area contributed by atoms with Gasteiger partial charge in [0.15, 0.2) is 0 Å². The summed E-state index contributed by atoms with van der Waals surface area (Å²) in [6.45, 7) is 4.06. The molecule has 1 fully saturated rings. The van der Waals surface area contributed by atoms with Crippen molar-refractivity contribution in [1.82, 2.24) is 10.1 Å². The SMILES string of the molecule is CCOC1CCN(C(=O)c2cc(-c3cccc(Cl)c3)no2)CC1. The number of nitrogens with zero attached hydrogens (tertiary/aromatic N) is 2. The van der Waals surface area contributed by atoms with Crippen molar-refractivity contribution in [3.8, 4) is 11.3 Å². The zero-order chi connectivity index (χ0) is 16.2. The van der Waals surface area contributed by atoms with Gasteiger partial charge in [0.1, 0.15) is 5.69 Å². The molecule has 5 nitrogen and oxygen atoms in total. The fourth-order valence-electron chi connectivity index (χ4n) is 2.78. The predicted molar refractivity (Wildman–Crippen MR) is 87.5 cm³/mol. The lowest BCUT2D eigenvalue weighted by Crippen LogP contribution is -2.40. The molecule has 23 heavy (non-hydrogen) atoms. The number of hydrogen-bond acceptors (Lipinski definition) is 4. The van der Waals surface area contributed by atoms with Gasteiger partial charge in [-0.15, -0.1) is 0 Å². The molecule has 1 saturated heterocycles. The molecular weight excluding hydrogens is 316 g/mol. The summed E-state index contributed by atoms with van der Waals surface area (Å²) >= 11 is 5.98. The van der Waals surface area contributed by atoms with Crippen LogP contribution in [-0.4, -0.2) is 41.8 Å². The molecule has 3 rings (SSSR count). The van der Waals surface area contributed by atoms with Crippen LogP contribution in [0, 0.1) is 0 Å². The highest BCUT2D eigenvalue weighted by atomic mass is 35.5. The van der Waals surface area contributed by atoms with E-state index in [1.54, 1.807) is 23.1 Å². The standard InChI is InChI=1S/C17H19ClN2O3/c1-2-22-14-6-8-20(9-7-14)17(21)16-11-15(19-23-16)12-4-3-5-13(18)10-12/h3-5,10-11,14H,2,6-9H2,1H3. The monoisotopic (exact) mass is 334 g/mol. The van der Waals surface area contributed by atoms with Gasteiger partial charge in [-0.3, -0.25) is 4.79 Å². The molecule has 2 aromatic rings.